The smallest absolute Gasteiger partial charge is 0.168 e. The molecule has 156 valence electrons. The maximum absolute atomic E-state index is 12.6. The first kappa shape index (κ1) is 20.1. The van der Waals surface area contributed by atoms with Crippen molar-refractivity contribution in [3.63, 3.8) is 0 Å². The van der Waals surface area contributed by atoms with Gasteiger partial charge in [-0.3, -0.25) is 14.6 Å². The summed E-state index contributed by atoms with van der Waals surface area (Å²) in [7, 11) is 1.59. The van der Waals surface area contributed by atoms with Crippen molar-refractivity contribution >= 4 is 23.0 Å². The lowest BCUT2D eigenvalue weighted by molar-refractivity contribution is -0.115. The third-order valence-electron chi connectivity index (χ3n) is 5.53. The Morgan fingerprint density at radius 2 is 1.83 bits per heavy atom. The third kappa shape index (κ3) is 4.06. The standard InChI is InChI=1S/C23H24N2O5/c1-29-15-10-8-14(9-11-15)24-16(22-18(26)4-2-5-19(22)27)12-13-17-23-20(28)6-3-7-21(23)30-25-17/h8-11,26H,2-7,12-13H2,1H3. The molecule has 1 N–H and O–H groups in total. The number of fused-ring (bicyclic) bond motifs is 1. The molecule has 1 aromatic carbocycles. The molecule has 30 heavy (non-hydrogen) atoms. The number of methoxy groups -OCH3 is 1. The van der Waals surface area contributed by atoms with E-state index in [1.165, 1.54) is 0 Å². The molecule has 0 atom stereocenters. The second-order valence-corrected chi connectivity index (χ2v) is 7.56. The van der Waals surface area contributed by atoms with E-state index in [9.17, 15) is 14.7 Å². The number of ketones is 2. The van der Waals surface area contributed by atoms with Gasteiger partial charge in [0, 0.05) is 25.7 Å². The minimum Gasteiger partial charge on any atom is -0.511 e. The van der Waals surface area contributed by atoms with Crippen LogP contribution in [0.25, 0.3) is 0 Å². The zero-order chi connectivity index (χ0) is 21.1. The zero-order valence-corrected chi connectivity index (χ0v) is 16.9. The van der Waals surface area contributed by atoms with Crippen LogP contribution in [0.2, 0.25) is 0 Å². The molecule has 7 nitrogen and oxygen atoms in total. The van der Waals surface area contributed by atoms with E-state index < -0.39 is 0 Å². The summed E-state index contributed by atoms with van der Waals surface area (Å²) < 4.78 is 10.5. The van der Waals surface area contributed by atoms with Crippen molar-refractivity contribution in [1.29, 1.82) is 0 Å². The van der Waals surface area contributed by atoms with Crippen LogP contribution in [0.1, 0.15) is 60.3 Å². The summed E-state index contributed by atoms with van der Waals surface area (Å²) in [5.74, 6) is 1.38. The van der Waals surface area contributed by atoms with E-state index in [1.807, 2.05) is 0 Å². The number of aliphatic imine (C=N–C) groups is 1. The first-order valence-corrected chi connectivity index (χ1v) is 10.2. The molecule has 2 aliphatic rings. The van der Waals surface area contributed by atoms with Crippen LogP contribution in [-0.4, -0.2) is 34.7 Å². The highest BCUT2D eigenvalue weighted by Crippen LogP contribution is 2.28. The fourth-order valence-electron chi connectivity index (χ4n) is 4.00. The summed E-state index contributed by atoms with van der Waals surface area (Å²) in [6, 6.07) is 7.18. The number of aliphatic hydroxyl groups is 1. The van der Waals surface area contributed by atoms with Crippen molar-refractivity contribution in [2.75, 3.05) is 7.11 Å². The second kappa shape index (κ2) is 8.65. The number of aliphatic hydroxyl groups excluding tert-OH is 1. The largest absolute Gasteiger partial charge is 0.511 e. The van der Waals surface area contributed by atoms with Crippen molar-refractivity contribution in [2.45, 2.75) is 51.4 Å². The highest BCUT2D eigenvalue weighted by molar-refractivity contribution is 6.23. The van der Waals surface area contributed by atoms with E-state index in [0.29, 0.717) is 84.7 Å². The van der Waals surface area contributed by atoms with Gasteiger partial charge in [-0.1, -0.05) is 5.16 Å². The van der Waals surface area contributed by atoms with Gasteiger partial charge in [0.25, 0.3) is 0 Å². The summed E-state index contributed by atoms with van der Waals surface area (Å²) in [5, 5.41) is 14.5. The minimum atomic E-state index is -0.107. The van der Waals surface area contributed by atoms with Gasteiger partial charge in [0.15, 0.2) is 11.6 Å². The number of benzene rings is 1. The number of allylic oxidation sites excluding steroid dienone is 2. The topological polar surface area (TPSA) is 102 Å². The lowest BCUT2D eigenvalue weighted by Crippen LogP contribution is -2.20. The Morgan fingerprint density at radius 1 is 1.10 bits per heavy atom. The van der Waals surface area contributed by atoms with Crippen molar-refractivity contribution < 1.29 is 24.0 Å². The lowest BCUT2D eigenvalue weighted by atomic mass is 9.89. The molecule has 0 saturated carbocycles. The predicted octanol–water partition coefficient (Wildman–Crippen LogP) is 4.47. The van der Waals surface area contributed by atoms with Gasteiger partial charge in [-0.25, -0.2) is 0 Å². The molecule has 0 amide bonds. The van der Waals surface area contributed by atoms with E-state index in [-0.39, 0.29) is 17.3 Å². The van der Waals surface area contributed by atoms with Crippen LogP contribution in [-0.2, 0) is 17.6 Å². The van der Waals surface area contributed by atoms with E-state index in [1.54, 1.807) is 31.4 Å². The highest BCUT2D eigenvalue weighted by atomic mass is 16.5. The number of aromatic nitrogens is 1. The Bertz CT molecular complexity index is 1030. The van der Waals surface area contributed by atoms with Gasteiger partial charge >= 0.3 is 0 Å². The quantitative estimate of drug-likeness (QED) is 0.708. The normalized spacial score (nSPS) is 17.3. The molecular weight excluding hydrogens is 384 g/mol. The van der Waals surface area contributed by atoms with E-state index in [2.05, 4.69) is 10.1 Å². The van der Waals surface area contributed by atoms with Crippen LogP contribution >= 0.6 is 0 Å². The number of aryl methyl sites for hydroxylation is 2. The highest BCUT2D eigenvalue weighted by Gasteiger charge is 2.28. The third-order valence-corrected chi connectivity index (χ3v) is 5.53. The summed E-state index contributed by atoms with van der Waals surface area (Å²) in [5.41, 5.74) is 2.63. The van der Waals surface area contributed by atoms with Gasteiger partial charge in [0.1, 0.15) is 17.3 Å². The minimum absolute atomic E-state index is 0.0527. The fraction of sp³-hybridized carbons (Fsp3) is 0.391. The molecule has 0 saturated heterocycles. The summed E-state index contributed by atoms with van der Waals surface area (Å²) in [6.07, 6.45) is 4.24. The molecule has 1 heterocycles. The number of nitrogens with zero attached hydrogens (tertiary/aromatic N) is 2. The van der Waals surface area contributed by atoms with Crippen molar-refractivity contribution in [2.24, 2.45) is 4.99 Å². The Hall–Kier alpha value is -3.22. The van der Waals surface area contributed by atoms with Crippen LogP contribution < -0.4 is 4.74 Å². The van der Waals surface area contributed by atoms with Crippen LogP contribution in [0.15, 0.2) is 45.1 Å². The number of hydrogen-bond donors (Lipinski definition) is 1. The van der Waals surface area contributed by atoms with Crippen LogP contribution in [0.5, 0.6) is 5.75 Å². The van der Waals surface area contributed by atoms with Crippen LogP contribution in [0, 0.1) is 0 Å². The molecule has 4 rings (SSSR count). The van der Waals surface area contributed by atoms with Crippen LogP contribution in [0.3, 0.4) is 0 Å². The number of hydrogen-bond acceptors (Lipinski definition) is 7. The Balaban J connectivity index is 1.66. The molecular formula is C23H24N2O5. The fourth-order valence-corrected chi connectivity index (χ4v) is 4.00. The number of rotatable bonds is 6. The first-order chi connectivity index (χ1) is 14.6. The number of carbonyl (C=O) groups is 2. The SMILES string of the molecule is COc1ccc(N=C(CCc2noc3c2C(=O)CCC3)C2=C(O)CCCC2=O)cc1. The van der Waals surface area contributed by atoms with Gasteiger partial charge in [-0.05, 0) is 49.9 Å². The molecule has 0 bridgehead atoms. The Kier molecular flexibility index (Phi) is 5.79. The van der Waals surface area contributed by atoms with Gasteiger partial charge in [0.05, 0.1) is 35.3 Å². The van der Waals surface area contributed by atoms with Crippen molar-refractivity contribution in [3.05, 3.63) is 52.6 Å². The summed E-state index contributed by atoms with van der Waals surface area (Å²) >= 11 is 0. The molecule has 2 aromatic rings. The first-order valence-electron chi connectivity index (χ1n) is 10.2. The Labute approximate surface area is 174 Å². The van der Waals surface area contributed by atoms with E-state index >= 15 is 0 Å². The van der Waals surface area contributed by atoms with Gasteiger partial charge in [-0.15, -0.1) is 0 Å². The monoisotopic (exact) mass is 408 g/mol. The predicted molar refractivity (Wildman–Crippen MR) is 111 cm³/mol. The zero-order valence-electron chi connectivity index (χ0n) is 16.9. The van der Waals surface area contributed by atoms with Gasteiger partial charge < -0.3 is 14.4 Å². The average Bonchev–Trinajstić information content (AvgIpc) is 3.16. The molecule has 0 unspecified atom stereocenters. The molecule has 0 radical (unpaired) electrons. The average molecular weight is 408 g/mol. The van der Waals surface area contributed by atoms with E-state index in [0.717, 1.165) is 6.42 Å². The maximum Gasteiger partial charge on any atom is 0.168 e. The maximum atomic E-state index is 12.6. The lowest BCUT2D eigenvalue weighted by Gasteiger charge is -2.17. The molecule has 7 heteroatoms. The summed E-state index contributed by atoms with van der Waals surface area (Å²) in [4.78, 5) is 29.6. The molecule has 0 spiro atoms. The van der Waals surface area contributed by atoms with Gasteiger partial charge in [-0.2, -0.15) is 0 Å². The molecule has 0 fully saturated rings. The number of carbonyl (C=O) groups excluding carboxylic acids is 2. The van der Waals surface area contributed by atoms with Crippen molar-refractivity contribution in [3.8, 4) is 5.75 Å². The number of Topliss-reactive ketones (excluding diaryl/α,β-unsaturated/α-hetero) is 2. The van der Waals surface area contributed by atoms with Crippen molar-refractivity contribution in [1.82, 2.24) is 5.16 Å². The second-order valence-electron chi connectivity index (χ2n) is 7.56. The summed E-state index contributed by atoms with van der Waals surface area (Å²) in [6.45, 7) is 0. The van der Waals surface area contributed by atoms with Gasteiger partial charge in [0.2, 0.25) is 0 Å². The molecule has 0 aliphatic heterocycles. The molecule has 2 aliphatic carbocycles. The van der Waals surface area contributed by atoms with E-state index in [4.69, 9.17) is 9.26 Å². The van der Waals surface area contributed by atoms with Crippen LogP contribution in [0.4, 0.5) is 5.69 Å². The molecule has 1 aromatic heterocycles. The Morgan fingerprint density at radius 3 is 2.57 bits per heavy atom. The number of ether oxygens (including phenoxy) is 1.